The van der Waals surface area contributed by atoms with Gasteiger partial charge in [-0.1, -0.05) is 27.7 Å². The minimum atomic E-state index is -1.79. The maximum absolute atomic E-state index is 10.8. The van der Waals surface area contributed by atoms with Crippen LogP contribution in [0.4, 0.5) is 0 Å². The quantitative estimate of drug-likeness (QED) is 0.758. The molecule has 2 aliphatic carbocycles. The Kier molecular flexibility index (Phi) is 3.68. The van der Waals surface area contributed by atoms with Gasteiger partial charge in [-0.15, -0.1) is 0 Å². The lowest BCUT2D eigenvalue weighted by Crippen LogP contribution is -2.45. The maximum atomic E-state index is 10.8. The molecule has 0 saturated heterocycles. The molecule has 1 saturated carbocycles. The Labute approximate surface area is 119 Å². The molecule has 0 aliphatic heterocycles. The molecule has 2 aliphatic rings. The summed E-state index contributed by atoms with van der Waals surface area (Å²) in [6.07, 6.45) is 6.19. The van der Waals surface area contributed by atoms with Gasteiger partial charge in [-0.25, -0.2) is 0 Å². The largest absolute Gasteiger partial charge is 0.546 e. The summed E-state index contributed by atoms with van der Waals surface area (Å²) in [5, 5.41) is 11.1. The fourth-order valence-electron chi connectivity index (χ4n) is 3.30. The van der Waals surface area contributed by atoms with E-state index in [9.17, 15) is 5.11 Å². The predicted molar refractivity (Wildman–Crippen MR) is 82.4 cm³/mol. The molecule has 3 heteroatoms. The van der Waals surface area contributed by atoms with E-state index in [1.165, 1.54) is 0 Å². The Morgan fingerprint density at radius 2 is 1.95 bits per heavy atom. The minimum Gasteiger partial charge on any atom is -0.546 e. The summed E-state index contributed by atoms with van der Waals surface area (Å²) >= 11 is 0. The minimum absolute atomic E-state index is 0.214. The molecule has 2 nitrogen and oxygen atoms in total. The highest BCUT2D eigenvalue weighted by atomic mass is 28.4. The van der Waals surface area contributed by atoms with Crippen molar-refractivity contribution in [1.82, 2.24) is 0 Å². The molecule has 0 radical (unpaired) electrons. The Hall–Kier alpha value is -0.283. The van der Waals surface area contributed by atoms with Crippen LogP contribution in [0.1, 0.15) is 53.4 Å². The highest BCUT2D eigenvalue weighted by molar-refractivity contribution is 6.74. The Bertz CT molecular complexity index is 381. The highest BCUT2D eigenvalue weighted by Gasteiger charge is 2.51. The first-order chi connectivity index (χ1) is 8.57. The number of aliphatic hydroxyl groups is 1. The molecule has 0 bridgehead atoms. The molecule has 1 N–H and O–H groups in total. The van der Waals surface area contributed by atoms with E-state index in [2.05, 4.69) is 46.9 Å². The molecule has 2 rings (SSSR count). The van der Waals surface area contributed by atoms with Gasteiger partial charge < -0.3 is 9.53 Å². The van der Waals surface area contributed by atoms with Crippen LogP contribution >= 0.6 is 0 Å². The van der Waals surface area contributed by atoms with Gasteiger partial charge in [-0.3, -0.25) is 0 Å². The van der Waals surface area contributed by atoms with Crippen molar-refractivity contribution in [3.8, 4) is 0 Å². The second-order valence-corrected chi connectivity index (χ2v) is 12.8. The molecule has 0 heterocycles. The summed E-state index contributed by atoms with van der Waals surface area (Å²) in [4.78, 5) is 0. The van der Waals surface area contributed by atoms with E-state index in [0.717, 1.165) is 31.4 Å². The van der Waals surface area contributed by atoms with Crippen molar-refractivity contribution in [2.24, 2.45) is 11.8 Å². The van der Waals surface area contributed by atoms with Gasteiger partial charge >= 0.3 is 0 Å². The maximum Gasteiger partial charge on any atom is 0.250 e. The third-order valence-corrected chi connectivity index (χ3v) is 9.95. The normalized spacial score (nSPS) is 35.8. The van der Waals surface area contributed by atoms with Crippen molar-refractivity contribution in [2.45, 2.75) is 77.1 Å². The summed E-state index contributed by atoms with van der Waals surface area (Å²) < 4.78 is 6.53. The monoisotopic (exact) mass is 282 g/mol. The van der Waals surface area contributed by atoms with E-state index in [1.807, 2.05) is 0 Å². The second kappa shape index (κ2) is 4.63. The van der Waals surface area contributed by atoms with Gasteiger partial charge in [0.05, 0.1) is 11.4 Å². The van der Waals surface area contributed by atoms with Crippen molar-refractivity contribution in [1.29, 1.82) is 0 Å². The molecule has 0 amide bonds. The highest BCUT2D eigenvalue weighted by Crippen LogP contribution is 2.51. The van der Waals surface area contributed by atoms with E-state index < -0.39 is 13.9 Å². The van der Waals surface area contributed by atoms with E-state index in [4.69, 9.17) is 4.43 Å². The van der Waals surface area contributed by atoms with Gasteiger partial charge in [0.1, 0.15) is 0 Å². The molecular weight excluding hydrogens is 252 g/mol. The zero-order valence-corrected chi connectivity index (χ0v) is 14.4. The first kappa shape index (κ1) is 15.1. The van der Waals surface area contributed by atoms with Crippen molar-refractivity contribution < 1.29 is 9.53 Å². The lowest BCUT2D eigenvalue weighted by Gasteiger charge is -2.43. The van der Waals surface area contributed by atoms with Gasteiger partial charge in [-0.05, 0) is 55.8 Å². The average molecular weight is 282 g/mol. The summed E-state index contributed by atoms with van der Waals surface area (Å²) in [5.41, 5.74) is -0.494. The van der Waals surface area contributed by atoms with Crippen molar-refractivity contribution in [2.75, 3.05) is 0 Å². The zero-order chi connectivity index (χ0) is 14.5. The van der Waals surface area contributed by atoms with E-state index in [0.29, 0.717) is 5.92 Å². The molecule has 3 atom stereocenters. The molecule has 110 valence electrons. The fourth-order valence-corrected chi connectivity index (χ4v) is 4.41. The van der Waals surface area contributed by atoms with Crippen molar-refractivity contribution in [3.05, 3.63) is 11.8 Å². The summed E-state index contributed by atoms with van der Waals surface area (Å²) in [7, 11) is -1.79. The Morgan fingerprint density at radius 1 is 1.32 bits per heavy atom. The van der Waals surface area contributed by atoms with Gasteiger partial charge in [0, 0.05) is 5.92 Å². The third-order valence-electron chi connectivity index (χ3n) is 5.59. The number of hydrogen-bond donors (Lipinski definition) is 1. The third kappa shape index (κ3) is 2.64. The first-order valence-corrected chi connectivity index (χ1v) is 10.6. The van der Waals surface area contributed by atoms with Gasteiger partial charge in [-0.2, -0.15) is 0 Å². The van der Waals surface area contributed by atoms with E-state index in [-0.39, 0.29) is 11.0 Å². The smallest absolute Gasteiger partial charge is 0.250 e. The first-order valence-electron chi connectivity index (χ1n) is 7.68. The zero-order valence-electron chi connectivity index (χ0n) is 13.4. The van der Waals surface area contributed by atoms with Crippen LogP contribution < -0.4 is 0 Å². The topological polar surface area (TPSA) is 29.5 Å². The van der Waals surface area contributed by atoms with Crippen molar-refractivity contribution >= 4 is 8.32 Å². The van der Waals surface area contributed by atoms with Crippen LogP contribution in [0.15, 0.2) is 11.8 Å². The fraction of sp³-hybridized carbons (Fsp3) is 0.875. The lowest BCUT2D eigenvalue weighted by molar-refractivity contribution is -0.0187. The van der Waals surface area contributed by atoms with Crippen LogP contribution in [-0.4, -0.2) is 19.0 Å². The van der Waals surface area contributed by atoms with Crippen molar-refractivity contribution in [3.63, 3.8) is 0 Å². The molecule has 0 unspecified atom stereocenters. The van der Waals surface area contributed by atoms with Crippen LogP contribution in [0.2, 0.25) is 18.1 Å². The molecule has 0 aromatic heterocycles. The van der Waals surface area contributed by atoms with E-state index in [1.54, 1.807) is 0 Å². The number of rotatable bonds is 2. The molecular formula is C16H30O2Si. The van der Waals surface area contributed by atoms with Crippen LogP contribution in [-0.2, 0) is 4.43 Å². The molecule has 0 aromatic carbocycles. The molecule has 19 heavy (non-hydrogen) atoms. The Morgan fingerprint density at radius 3 is 2.53 bits per heavy atom. The van der Waals surface area contributed by atoms with Gasteiger partial charge in [0.15, 0.2) is 0 Å². The number of fused-ring (bicyclic) bond motifs is 1. The molecule has 0 spiro atoms. The summed E-state index contributed by atoms with van der Waals surface area (Å²) in [5.74, 6) is 1.88. The van der Waals surface area contributed by atoms with Crippen LogP contribution in [0.5, 0.6) is 0 Å². The summed E-state index contributed by atoms with van der Waals surface area (Å²) in [6.45, 7) is 13.7. The van der Waals surface area contributed by atoms with Gasteiger partial charge in [0.2, 0.25) is 8.32 Å². The van der Waals surface area contributed by atoms with Crippen LogP contribution in [0, 0.1) is 11.8 Å². The number of hydrogen-bond acceptors (Lipinski definition) is 2. The van der Waals surface area contributed by atoms with E-state index >= 15 is 0 Å². The standard InChI is InChI=1S/C16H30O2Si/c1-12-9-11-16(17)10-7-8-13(14(12)16)18-19(5,6)15(2,3)4/h8,12,14,17H,7,9-11H2,1-6H3/t12-,14-,16+/m0/s1. The van der Waals surface area contributed by atoms with Gasteiger partial charge in [0.25, 0.3) is 0 Å². The van der Waals surface area contributed by atoms with Crippen LogP contribution in [0.3, 0.4) is 0 Å². The lowest BCUT2D eigenvalue weighted by atomic mass is 9.78. The average Bonchev–Trinajstić information content (AvgIpc) is 2.53. The summed E-state index contributed by atoms with van der Waals surface area (Å²) in [6, 6.07) is 0. The molecule has 0 aromatic rings. The second-order valence-electron chi connectivity index (χ2n) is 8.10. The molecule has 1 fully saturated rings. The number of allylic oxidation sites excluding steroid dienone is 1. The Balaban J connectivity index is 2.23. The predicted octanol–water partition coefficient (Wildman–Crippen LogP) is 4.46. The van der Waals surface area contributed by atoms with Crippen LogP contribution in [0.25, 0.3) is 0 Å². The SMILES string of the molecule is C[C@H]1CC[C@]2(O)CCC=C(O[Si](C)(C)C(C)(C)C)[C@H]12.